The lowest BCUT2D eigenvalue weighted by atomic mass is 10.1. The van der Waals surface area contributed by atoms with E-state index in [4.69, 9.17) is 10.9 Å². The summed E-state index contributed by atoms with van der Waals surface area (Å²) in [7, 11) is 0. The molecule has 0 aromatic rings. The van der Waals surface area contributed by atoms with Crippen LogP contribution in [0.2, 0.25) is 0 Å². The van der Waals surface area contributed by atoms with Crippen molar-refractivity contribution in [2.45, 2.75) is 38.6 Å². The summed E-state index contributed by atoms with van der Waals surface area (Å²) in [6.45, 7) is 8.04. The average Bonchev–Trinajstić information content (AvgIpc) is 3.20. The maximum atomic E-state index is 8.66. The fraction of sp³-hybridized carbons (Fsp3) is 0.923. The van der Waals surface area contributed by atoms with E-state index in [1.807, 2.05) is 0 Å². The molecule has 104 valence electrons. The second-order valence-corrected chi connectivity index (χ2v) is 5.64. The first-order valence-electron chi connectivity index (χ1n) is 7.15. The molecule has 1 saturated carbocycles. The van der Waals surface area contributed by atoms with Crippen molar-refractivity contribution in [3.05, 3.63) is 0 Å². The number of nitrogens with two attached hydrogens (primary N) is 1. The first-order chi connectivity index (χ1) is 8.72. The van der Waals surface area contributed by atoms with Gasteiger partial charge in [0.15, 0.2) is 0 Å². The molecule has 2 rings (SSSR count). The SMILES string of the molecule is CCC(CC(N)=NO)N1CCN(CC2CC2)CC1. The zero-order valence-corrected chi connectivity index (χ0v) is 11.4. The number of oxime groups is 1. The first-order valence-corrected chi connectivity index (χ1v) is 7.15. The summed E-state index contributed by atoms with van der Waals surface area (Å²) in [4.78, 5) is 5.08. The van der Waals surface area contributed by atoms with Crippen LogP contribution in [0.1, 0.15) is 32.6 Å². The summed E-state index contributed by atoms with van der Waals surface area (Å²) in [5.41, 5.74) is 5.62. The molecule has 5 nitrogen and oxygen atoms in total. The number of hydrogen-bond acceptors (Lipinski definition) is 4. The average molecular weight is 254 g/mol. The van der Waals surface area contributed by atoms with Gasteiger partial charge in [0.05, 0.1) is 0 Å². The molecule has 1 saturated heterocycles. The van der Waals surface area contributed by atoms with Gasteiger partial charge in [0.2, 0.25) is 0 Å². The summed E-state index contributed by atoms with van der Waals surface area (Å²) < 4.78 is 0. The monoisotopic (exact) mass is 254 g/mol. The van der Waals surface area contributed by atoms with Gasteiger partial charge in [-0.1, -0.05) is 12.1 Å². The molecule has 0 amide bonds. The largest absolute Gasteiger partial charge is 0.409 e. The van der Waals surface area contributed by atoms with Crippen LogP contribution in [0.25, 0.3) is 0 Å². The van der Waals surface area contributed by atoms with Crippen LogP contribution in [0, 0.1) is 5.92 Å². The Balaban J connectivity index is 1.75. The fourth-order valence-corrected chi connectivity index (χ4v) is 2.79. The molecule has 1 atom stereocenters. The Kier molecular flexibility index (Phi) is 4.83. The molecule has 2 fully saturated rings. The second-order valence-electron chi connectivity index (χ2n) is 5.64. The zero-order chi connectivity index (χ0) is 13.0. The summed E-state index contributed by atoms with van der Waals surface area (Å²) >= 11 is 0. The number of nitrogens with zero attached hydrogens (tertiary/aromatic N) is 3. The lowest BCUT2D eigenvalue weighted by Gasteiger charge is -2.39. The van der Waals surface area contributed by atoms with Crippen molar-refractivity contribution in [1.29, 1.82) is 0 Å². The van der Waals surface area contributed by atoms with E-state index in [-0.39, 0.29) is 0 Å². The van der Waals surface area contributed by atoms with Crippen LogP contribution in [0.3, 0.4) is 0 Å². The van der Waals surface area contributed by atoms with E-state index in [0.29, 0.717) is 18.3 Å². The number of amidine groups is 1. The van der Waals surface area contributed by atoms with E-state index in [2.05, 4.69) is 21.9 Å². The van der Waals surface area contributed by atoms with Gasteiger partial charge in [-0.3, -0.25) is 4.90 Å². The number of rotatable bonds is 6. The van der Waals surface area contributed by atoms with E-state index >= 15 is 0 Å². The van der Waals surface area contributed by atoms with Crippen molar-refractivity contribution in [2.75, 3.05) is 32.7 Å². The van der Waals surface area contributed by atoms with E-state index in [0.717, 1.165) is 25.4 Å². The molecule has 1 aliphatic carbocycles. The van der Waals surface area contributed by atoms with Crippen molar-refractivity contribution in [3.8, 4) is 0 Å². The molecule has 0 radical (unpaired) electrons. The van der Waals surface area contributed by atoms with Gasteiger partial charge in [-0.25, -0.2) is 0 Å². The third-order valence-electron chi connectivity index (χ3n) is 4.18. The summed E-state index contributed by atoms with van der Waals surface area (Å²) in [5, 5.41) is 11.8. The number of piperazine rings is 1. The molecule has 1 aliphatic heterocycles. The quantitative estimate of drug-likeness (QED) is 0.320. The molecular weight excluding hydrogens is 228 g/mol. The lowest BCUT2D eigenvalue weighted by molar-refractivity contribution is 0.0932. The van der Waals surface area contributed by atoms with Crippen molar-refractivity contribution < 1.29 is 5.21 Å². The third kappa shape index (κ3) is 3.85. The van der Waals surface area contributed by atoms with Crippen LogP contribution >= 0.6 is 0 Å². The van der Waals surface area contributed by atoms with Crippen LogP contribution in [0.5, 0.6) is 0 Å². The Morgan fingerprint density at radius 1 is 1.33 bits per heavy atom. The van der Waals surface area contributed by atoms with Crippen molar-refractivity contribution >= 4 is 5.84 Å². The number of hydrogen-bond donors (Lipinski definition) is 2. The minimum absolute atomic E-state index is 0.349. The molecule has 1 heterocycles. The molecule has 0 spiro atoms. The maximum absolute atomic E-state index is 8.66. The third-order valence-corrected chi connectivity index (χ3v) is 4.18. The van der Waals surface area contributed by atoms with Gasteiger partial charge in [-0.05, 0) is 25.2 Å². The minimum Gasteiger partial charge on any atom is -0.409 e. The lowest BCUT2D eigenvalue weighted by Crippen LogP contribution is -2.51. The Morgan fingerprint density at radius 2 is 2.00 bits per heavy atom. The topological polar surface area (TPSA) is 65.1 Å². The van der Waals surface area contributed by atoms with Crippen LogP contribution < -0.4 is 5.73 Å². The van der Waals surface area contributed by atoms with Gasteiger partial charge in [-0.2, -0.15) is 0 Å². The van der Waals surface area contributed by atoms with Gasteiger partial charge >= 0.3 is 0 Å². The van der Waals surface area contributed by atoms with Crippen molar-refractivity contribution in [2.24, 2.45) is 16.8 Å². The van der Waals surface area contributed by atoms with Crippen molar-refractivity contribution in [3.63, 3.8) is 0 Å². The van der Waals surface area contributed by atoms with Crippen LogP contribution in [0.4, 0.5) is 0 Å². The predicted octanol–water partition coefficient (Wildman–Crippen LogP) is 0.929. The van der Waals surface area contributed by atoms with E-state index < -0.39 is 0 Å². The van der Waals surface area contributed by atoms with Crippen LogP contribution in [-0.4, -0.2) is 59.6 Å². The van der Waals surface area contributed by atoms with E-state index in [1.54, 1.807) is 0 Å². The van der Waals surface area contributed by atoms with Gasteiger partial charge in [0, 0.05) is 45.2 Å². The predicted molar refractivity (Wildman–Crippen MR) is 72.8 cm³/mol. The molecule has 5 heteroatoms. The Bertz CT molecular complexity index is 283. The van der Waals surface area contributed by atoms with Gasteiger partial charge in [0.25, 0.3) is 0 Å². The molecule has 0 aromatic carbocycles. The van der Waals surface area contributed by atoms with E-state index in [1.165, 1.54) is 32.5 Å². The second kappa shape index (κ2) is 6.38. The zero-order valence-electron chi connectivity index (χ0n) is 11.4. The normalized spacial score (nSPS) is 25.3. The van der Waals surface area contributed by atoms with Crippen LogP contribution in [0.15, 0.2) is 5.16 Å². The molecule has 1 unspecified atom stereocenters. The highest BCUT2D eigenvalue weighted by atomic mass is 16.4. The Hall–Kier alpha value is -0.810. The van der Waals surface area contributed by atoms with Gasteiger partial charge < -0.3 is 15.8 Å². The Morgan fingerprint density at radius 3 is 2.50 bits per heavy atom. The first kappa shape index (κ1) is 13.6. The summed E-state index contributed by atoms with van der Waals surface area (Å²) in [5.74, 6) is 1.33. The van der Waals surface area contributed by atoms with Crippen molar-refractivity contribution in [1.82, 2.24) is 9.80 Å². The highest BCUT2D eigenvalue weighted by Crippen LogP contribution is 2.30. The van der Waals surface area contributed by atoms with Gasteiger partial charge in [0.1, 0.15) is 5.84 Å². The summed E-state index contributed by atoms with van der Waals surface area (Å²) in [6.07, 6.45) is 4.59. The van der Waals surface area contributed by atoms with Gasteiger partial charge in [-0.15, -0.1) is 0 Å². The minimum atomic E-state index is 0.349. The highest BCUT2D eigenvalue weighted by Gasteiger charge is 2.28. The molecular formula is C13H26N4O. The van der Waals surface area contributed by atoms with E-state index in [9.17, 15) is 0 Å². The van der Waals surface area contributed by atoms with Crippen LogP contribution in [-0.2, 0) is 0 Å². The standard InChI is InChI=1S/C13H26N4O/c1-2-12(9-13(14)15-18)17-7-5-16(6-8-17)10-11-3-4-11/h11-12,18H,2-10H2,1H3,(H2,14,15). The Labute approximate surface area is 110 Å². The smallest absolute Gasteiger partial charge is 0.140 e. The molecule has 0 bridgehead atoms. The maximum Gasteiger partial charge on any atom is 0.140 e. The molecule has 0 aromatic heterocycles. The molecule has 3 N–H and O–H groups in total. The molecule has 2 aliphatic rings. The fourth-order valence-electron chi connectivity index (χ4n) is 2.79. The highest BCUT2D eigenvalue weighted by molar-refractivity contribution is 5.80. The molecule has 18 heavy (non-hydrogen) atoms. The summed E-state index contributed by atoms with van der Waals surface area (Å²) in [6, 6.07) is 0.420.